The van der Waals surface area contributed by atoms with Gasteiger partial charge in [0.25, 0.3) is 0 Å². The first-order chi connectivity index (χ1) is 11.0. The number of nitrogens with zero attached hydrogens (tertiary/aromatic N) is 3. The van der Waals surface area contributed by atoms with Crippen LogP contribution in [0.25, 0.3) is 0 Å². The summed E-state index contributed by atoms with van der Waals surface area (Å²) < 4.78 is 46.3. The summed E-state index contributed by atoms with van der Waals surface area (Å²) in [6, 6.07) is 1.33. The maximum absolute atomic E-state index is 13.5. The smallest absolute Gasteiger partial charge is 0.410 e. The Balaban J connectivity index is 2.19. The molecule has 0 saturated carbocycles. The van der Waals surface area contributed by atoms with Gasteiger partial charge >= 0.3 is 12.3 Å². The third kappa shape index (κ3) is 4.75. The molecule has 2 heterocycles. The molecular formula is C15H19BrF3N3O2. The average Bonchev–Trinajstić information content (AvgIpc) is 2.45. The third-order valence-corrected chi connectivity index (χ3v) is 3.89. The van der Waals surface area contributed by atoms with E-state index in [1.165, 1.54) is 17.2 Å². The van der Waals surface area contributed by atoms with Gasteiger partial charge in [-0.15, -0.1) is 0 Å². The molecule has 0 radical (unpaired) electrons. The van der Waals surface area contributed by atoms with Gasteiger partial charge in [0.05, 0.1) is 6.54 Å². The number of anilines is 1. The van der Waals surface area contributed by atoms with Crippen LogP contribution in [0.4, 0.5) is 23.8 Å². The first kappa shape index (κ1) is 18.8. The van der Waals surface area contributed by atoms with Crippen molar-refractivity contribution >= 4 is 27.8 Å². The highest BCUT2D eigenvalue weighted by Gasteiger charge is 2.48. The summed E-state index contributed by atoms with van der Waals surface area (Å²) in [6.45, 7) is 4.70. The van der Waals surface area contributed by atoms with Gasteiger partial charge in [-0.1, -0.05) is 0 Å². The molecular weight excluding hydrogens is 391 g/mol. The molecule has 1 unspecified atom stereocenters. The lowest BCUT2D eigenvalue weighted by atomic mass is 10.1. The first-order valence-corrected chi connectivity index (χ1v) is 8.19. The van der Waals surface area contributed by atoms with E-state index in [0.29, 0.717) is 4.47 Å². The third-order valence-electron chi connectivity index (χ3n) is 3.42. The summed E-state index contributed by atoms with van der Waals surface area (Å²) in [6.07, 6.45) is -3.78. The first-order valence-electron chi connectivity index (χ1n) is 7.40. The van der Waals surface area contributed by atoms with Gasteiger partial charge in [-0.05, 0) is 48.8 Å². The number of amides is 1. The normalized spacial score (nSPS) is 19.4. The Kier molecular flexibility index (Phi) is 5.31. The standard InChI is InChI=1S/C15H19BrF3N3O2/c1-14(2,3)24-13(23)21-6-7-22(11(9-21)15(17,18)19)12-5-4-10(16)8-20-12/h4-5,8,11H,6-7,9H2,1-3H3. The van der Waals surface area contributed by atoms with Crippen LogP contribution in [0.15, 0.2) is 22.8 Å². The molecule has 24 heavy (non-hydrogen) atoms. The number of ether oxygens (including phenoxy) is 1. The Morgan fingerprint density at radius 1 is 1.29 bits per heavy atom. The van der Waals surface area contributed by atoms with E-state index < -0.39 is 30.5 Å². The Morgan fingerprint density at radius 2 is 1.96 bits per heavy atom. The van der Waals surface area contributed by atoms with E-state index >= 15 is 0 Å². The summed E-state index contributed by atoms with van der Waals surface area (Å²) >= 11 is 3.21. The largest absolute Gasteiger partial charge is 0.444 e. The van der Waals surface area contributed by atoms with Crippen LogP contribution in [-0.2, 0) is 4.74 Å². The monoisotopic (exact) mass is 409 g/mol. The molecule has 0 bridgehead atoms. The van der Waals surface area contributed by atoms with Crippen molar-refractivity contribution in [3.05, 3.63) is 22.8 Å². The molecule has 1 aromatic rings. The summed E-state index contributed by atoms with van der Waals surface area (Å²) in [5.41, 5.74) is -0.755. The van der Waals surface area contributed by atoms with Crippen LogP contribution < -0.4 is 4.90 Å². The van der Waals surface area contributed by atoms with Gasteiger partial charge in [-0.3, -0.25) is 0 Å². The van der Waals surface area contributed by atoms with Gasteiger partial charge in [0, 0.05) is 23.8 Å². The van der Waals surface area contributed by atoms with E-state index in [0.717, 1.165) is 4.90 Å². The van der Waals surface area contributed by atoms with Crippen molar-refractivity contribution in [1.29, 1.82) is 0 Å². The van der Waals surface area contributed by atoms with Gasteiger partial charge < -0.3 is 14.5 Å². The van der Waals surface area contributed by atoms with Crippen LogP contribution in [0.3, 0.4) is 0 Å². The summed E-state index contributed by atoms with van der Waals surface area (Å²) in [7, 11) is 0. The van der Waals surface area contributed by atoms with Crippen molar-refractivity contribution in [2.75, 3.05) is 24.5 Å². The number of carbonyl (C=O) groups excluding carboxylic acids is 1. The lowest BCUT2D eigenvalue weighted by Crippen LogP contribution is -2.61. The van der Waals surface area contributed by atoms with E-state index in [2.05, 4.69) is 20.9 Å². The molecule has 0 aliphatic carbocycles. The zero-order chi connectivity index (χ0) is 18.1. The number of halogens is 4. The Morgan fingerprint density at radius 3 is 2.46 bits per heavy atom. The van der Waals surface area contributed by atoms with Crippen LogP contribution in [-0.4, -0.2) is 53.4 Å². The quantitative estimate of drug-likeness (QED) is 0.706. The second-order valence-electron chi connectivity index (χ2n) is 6.51. The molecule has 9 heteroatoms. The number of carbonyl (C=O) groups is 1. The van der Waals surface area contributed by atoms with Crippen molar-refractivity contribution in [1.82, 2.24) is 9.88 Å². The predicted molar refractivity (Wildman–Crippen MR) is 86.9 cm³/mol. The molecule has 1 amide bonds. The highest BCUT2D eigenvalue weighted by Crippen LogP contribution is 2.31. The van der Waals surface area contributed by atoms with Crippen LogP contribution in [0.2, 0.25) is 0 Å². The van der Waals surface area contributed by atoms with Gasteiger partial charge in [0.2, 0.25) is 0 Å². The van der Waals surface area contributed by atoms with E-state index in [1.54, 1.807) is 26.8 Å². The topological polar surface area (TPSA) is 45.7 Å². The van der Waals surface area contributed by atoms with Gasteiger partial charge in [-0.25, -0.2) is 9.78 Å². The molecule has 134 valence electrons. The molecule has 1 aromatic heterocycles. The van der Waals surface area contributed by atoms with Crippen molar-refractivity contribution in [2.45, 2.75) is 38.6 Å². The number of hydrogen-bond acceptors (Lipinski definition) is 4. The molecule has 5 nitrogen and oxygen atoms in total. The van der Waals surface area contributed by atoms with Crippen molar-refractivity contribution in [3.8, 4) is 0 Å². The minimum absolute atomic E-state index is 0.0258. The van der Waals surface area contributed by atoms with E-state index in [4.69, 9.17) is 4.74 Å². The van der Waals surface area contributed by atoms with Crippen LogP contribution in [0.5, 0.6) is 0 Å². The summed E-state index contributed by atoms with van der Waals surface area (Å²) in [4.78, 5) is 18.4. The maximum atomic E-state index is 13.5. The molecule has 1 atom stereocenters. The maximum Gasteiger partial charge on any atom is 0.410 e. The SMILES string of the molecule is CC(C)(C)OC(=O)N1CCN(c2ccc(Br)cn2)C(C(F)(F)F)C1. The average molecular weight is 410 g/mol. The Hall–Kier alpha value is -1.51. The number of rotatable bonds is 1. The molecule has 1 fully saturated rings. The number of alkyl halides is 3. The number of pyridine rings is 1. The van der Waals surface area contributed by atoms with E-state index in [1.807, 2.05) is 0 Å². The second-order valence-corrected chi connectivity index (χ2v) is 7.43. The molecule has 0 N–H and O–H groups in total. The molecule has 1 saturated heterocycles. The molecule has 1 aliphatic rings. The number of aromatic nitrogens is 1. The van der Waals surface area contributed by atoms with Gasteiger partial charge in [-0.2, -0.15) is 13.2 Å². The fourth-order valence-electron chi connectivity index (χ4n) is 2.37. The highest BCUT2D eigenvalue weighted by atomic mass is 79.9. The molecule has 0 spiro atoms. The number of hydrogen-bond donors (Lipinski definition) is 0. The van der Waals surface area contributed by atoms with Gasteiger partial charge in [0.1, 0.15) is 17.5 Å². The lowest BCUT2D eigenvalue weighted by molar-refractivity contribution is -0.155. The minimum Gasteiger partial charge on any atom is -0.444 e. The van der Waals surface area contributed by atoms with Crippen molar-refractivity contribution in [2.24, 2.45) is 0 Å². The van der Waals surface area contributed by atoms with Crippen molar-refractivity contribution in [3.63, 3.8) is 0 Å². The zero-order valence-corrected chi connectivity index (χ0v) is 15.2. The predicted octanol–water partition coefficient (Wildman–Crippen LogP) is 3.83. The Bertz CT molecular complexity index is 587. The van der Waals surface area contributed by atoms with E-state index in [9.17, 15) is 18.0 Å². The second kappa shape index (κ2) is 6.78. The van der Waals surface area contributed by atoms with Gasteiger partial charge in [0.15, 0.2) is 0 Å². The van der Waals surface area contributed by atoms with E-state index in [-0.39, 0.29) is 18.9 Å². The molecule has 1 aliphatic heterocycles. The fourth-order valence-corrected chi connectivity index (χ4v) is 2.60. The Labute approximate surface area is 146 Å². The lowest BCUT2D eigenvalue weighted by Gasteiger charge is -2.42. The molecule has 2 rings (SSSR count). The number of piperazine rings is 1. The zero-order valence-electron chi connectivity index (χ0n) is 13.6. The summed E-state index contributed by atoms with van der Waals surface area (Å²) in [5.74, 6) is 0.226. The van der Waals surface area contributed by atoms with Crippen LogP contribution in [0.1, 0.15) is 20.8 Å². The fraction of sp³-hybridized carbons (Fsp3) is 0.600. The highest BCUT2D eigenvalue weighted by molar-refractivity contribution is 9.10. The summed E-state index contributed by atoms with van der Waals surface area (Å²) in [5, 5.41) is 0. The van der Waals surface area contributed by atoms with Crippen molar-refractivity contribution < 1.29 is 22.7 Å². The minimum atomic E-state index is -4.49. The van der Waals surface area contributed by atoms with Crippen LogP contribution in [0, 0.1) is 0 Å². The molecule has 0 aromatic carbocycles. The van der Waals surface area contributed by atoms with Crippen LogP contribution >= 0.6 is 15.9 Å².